The van der Waals surface area contributed by atoms with Crippen LogP contribution in [0.25, 0.3) is 17.3 Å². The van der Waals surface area contributed by atoms with E-state index >= 15 is 0 Å². The maximum absolute atomic E-state index is 13.0. The first-order valence-corrected chi connectivity index (χ1v) is 9.14. The van der Waals surface area contributed by atoms with Crippen molar-refractivity contribution in [3.63, 3.8) is 0 Å². The Hall–Kier alpha value is -2.93. The van der Waals surface area contributed by atoms with E-state index in [0.29, 0.717) is 14.9 Å². The fourth-order valence-corrected chi connectivity index (χ4v) is 4.22. The van der Waals surface area contributed by atoms with Crippen LogP contribution in [0.1, 0.15) is 16.0 Å². The monoisotopic (exact) mass is 363 g/mol. The predicted molar refractivity (Wildman–Crippen MR) is 101 cm³/mol. The second kappa shape index (κ2) is 6.90. The topological polar surface area (TPSA) is 69.6 Å². The normalized spacial score (nSPS) is 11.1. The minimum atomic E-state index is -0.217. The fourth-order valence-electron chi connectivity index (χ4n) is 2.45. The Morgan fingerprint density at radius 2 is 1.96 bits per heavy atom. The molecule has 0 aliphatic carbocycles. The lowest BCUT2D eigenvalue weighted by Gasteiger charge is -2.07. The Morgan fingerprint density at radius 1 is 1.20 bits per heavy atom. The molecule has 0 saturated carbocycles. The van der Waals surface area contributed by atoms with Crippen LogP contribution in [0, 0.1) is 36.5 Å². The second-order valence-electron chi connectivity index (χ2n) is 5.46. The van der Waals surface area contributed by atoms with Gasteiger partial charge in [-0.1, -0.05) is 18.2 Å². The van der Waals surface area contributed by atoms with E-state index in [9.17, 15) is 15.3 Å². The quantitative estimate of drug-likeness (QED) is 0.703. The first kappa shape index (κ1) is 16.9. The van der Waals surface area contributed by atoms with Crippen LogP contribution in [0.2, 0.25) is 0 Å². The van der Waals surface area contributed by atoms with Crippen molar-refractivity contribution in [3.8, 4) is 17.8 Å². The Labute approximate surface area is 152 Å². The van der Waals surface area contributed by atoms with Gasteiger partial charge in [-0.2, -0.15) is 10.5 Å². The van der Waals surface area contributed by atoms with Gasteiger partial charge in [0.2, 0.25) is 0 Å². The molecule has 0 atom stereocenters. The van der Waals surface area contributed by atoms with Gasteiger partial charge in [-0.25, -0.2) is 0 Å². The summed E-state index contributed by atoms with van der Waals surface area (Å²) in [6, 6.07) is 13.4. The van der Waals surface area contributed by atoms with Crippen LogP contribution in [-0.2, 0) is 0 Å². The van der Waals surface area contributed by atoms with Gasteiger partial charge in [-0.15, -0.1) is 22.7 Å². The molecule has 2 heterocycles. The fraction of sp³-hybridized carbons (Fsp3) is 0.105. The third kappa shape index (κ3) is 3.18. The zero-order valence-corrected chi connectivity index (χ0v) is 15.2. The summed E-state index contributed by atoms with van der Waals surface area (Å²) in [5.74, 6) is 0. The number of hydrogen-bond acceptors (Lipinski definition) is 5. The molecule has 0 amide bonds. The first-order chi connectivity index (χ1) is 12.0. The summed E-state index contributed by atoms with van der Waals surface area (Å²) in [4.78, 5) is 14.0. The third-order valence-electron chi connectivity index (χ3n) is 3.68. The summed E-state index contributed by atoms with van der Waals surface area (Å²) >= 11 is 2.70. The highest BCUT2D eigenvalue weighted by Crippen LogP contribution is 2.14. The standard InChI is InChI=1S/C19H13N3OS2/c1-12-5-6-13(2)16(8-12)22-18(23)17(9-15-4-3-7-24-15)25-19(22)14(10-20)11-21/h3-9H,1-2H3/b17-9+. The van der Waals surface area contributed by atoms with Gasteiger partial charge in [-0.05, 0) is 48.6 Å². The van der Waals surface area contributed by atoms with Crippen LogP contribution in [-0.4, -0.2) is 4.57 Å². The molecule has 3 rings (SSSR count). The van der Waals surface area contributed by atoms with Crippen molar-refractivity contribution in [2.75, 3.05) is 0 Å². The zero-order chi connectivity index (χ0) is 18.0. The predicted octanol–water partition coefficient (Wildman–Crippen LogP) is 2.60. The van der Waals surface area contributed by atoms with E-state index in [1.54, 1.807) is 6.08 Å². The molecule has 1 aromatic carbocycles. The lowest BCUT2D eigenvalue weighted by Crippen LogP contribution is -2.31. The van der Waals surface area contributed by atoms with Gasteiger partial charge in [0.25, 0.3) is 5.56 Å². The van der Waals surface area contributed by atoms with Crippen molar-refractivity contribution in [1.82, 2.24) is 4.57 Å². The number of rotatable bonds is 2. The Bertz CT molecular complexity index is 1180. The molecule has 4 nitrogen and oxygen atoms in total. The third-order valence-corrected chi connectivity index (χ3v) is 5.59. The Morgan fingerprint density at radius 3 is 2.60 bits per heavy atom. The molecule has 0 saturated heterocycles. The highest BCUT2D eigenvalue weighted by Gasteiger charge is 2.13. The summed E-state index contributed by atoms with van der Waals surface area (Å²) in [6.45, 7) is 3.85. The van der Waals surface area contributed by atoms with Crippen molar-refractivity contribution in [1.29, 1.82) is 10.5 Å². The number of benzene rings is 1. The number of hydrogen-bond donors (Lipinski definition) is 0. The van der Waals surface area contributed by atoms with Crippen LogP contribution >= 0.6 is 22.7 Å². The molecule has 3 aromatic rings. The molecule has 0 fully saturated rings. The van der Waals surface area contributed by atoms with E-state index in [-0.39, 0.29) is 11.1 Å². The van der Waals surface area contributed by atoms with E-state index in [1.165, 1.54) is 27.2 Å². The maximum atomic E-state index is 13.0. The molecule has 0 spiro atoms. The summed E-state index contributed by atoms with van der Waals surface area (Å²) in [5, 5.41) is 20.5. The first-order valence-electron chi connectivity index (χ1n) is 7.44. The molecule has 0 aliphatic rings. The number of thiazole rings is 1. The van der Waals surface area contributed by atoms with Crippen LogP contribution in [0.4, 0.5) is 0 Å². The minimum absolute atomic E-state index is 0.0613. The van der Waals surface area contributed by atoms with Crippen molar-refractivity contribution in [3.05, 3.63) is 71.3 Å². The van der Waals surface area contributed by atoms with E-state index < -0.39 is 0 Å². The van der Waals surface area contributed by atoms with Crippen molar-refractivity contribution >= 4 is 34.3 Å². The summed E-state index contributed by atoms with van der Waals surface area (Å²) in [6.07, 6.45) is 1.80. The highest BCUT2D eigenvalue weighted by atomic mass is 32.1. The van der Waals surface area contributed by atoms with E-state index in [1.807, 2.05) is 61.7 Å². The molecular formula is C19H13N3OS2. The Balaban J connectivity index is 2.47. The maximum Gasteiger partial charge on any atom is 0.273 e. The van der Waals surface area contributed by atoms with Gasteiger partial charge in [-0.3, -0.25) is 9.36 Å². The number of nitrogens with zero attached hydrogens (tertiary/aromatic N) is 3. The minimum Gasteiger partial charge on any atom is -0.267 e. The summed E-state index contributed by atoms with van der Waals surface area (Å²) in [7, 11) is 0. The number of nitriles is 2. The molecule has 0 unspecified atom stereocenters. The molecule has 0 radical (unpaired) electrons. The van der Waals surface area contributed by atoms with Gasteiger partial charge < -0.3 is 0 Å². The van der Waals surface area contributed by atoms with Crippen LogP contribution in [0.3, 0.4) is 0 Å². The molecule has 122 valence electrons. The van der Waals surface area contributed by atoms with Crippen LogP contribution < -0.4 is 14.8 Å². The largest absolute Gasteiger partial charge is 0.273 e. The molecule has 0 bridgehead atoms. The van der Waals surface area contributed by atoms with Gasteiger partial charge in [0, 0.05) is 4.88 Å². The number of aromatic nitrogens is 1. The summed E-state index contributed by atoms with van der Waals surface area (Å²) in [5.41, 5.74) is 2.33. The highest BCUT2D eigenvalue weighted by molar-refractivity contribution is 7.11. The van der Waals surface area contributed by atoms with Gasteiger partial charge in [0.05, 0.1) is 10.2 Å². The van der Waals surface area contributed by atoms with E-state index in [0.717, 1.165) is 16.0 Å². The average molecular weight is 363 g/mol. The molecular weight excluding hydrogens is 350 g/mol. The SMILES string of the molecule is Cc1ccc(C)c(-n2c(=C(C#N)C#N)s/c(=C/c3cccs3)c2=O)c1. The lowest BCUT2D eigenvalue weighted by atomic mass is 10.1. The van der Waals surface area contributed by atoms with Gasteiger partial charge in [0.15, 0.2) is 5.57 Å². The van der Waals surface area contributed by atoms with E-state index in [4.69, 9.17) is 0 Å². The number of thiophene rings is 1. The average Bonchev–Trinajstić information content (AvgIpc) is 3.21. The van der Waals surface area contributed by atoms with Gasteiger partial charge >= 0.3 is 0 Å². The van der Waals surface area contributed by atoms with E-state index in [2.05, 4.69) is 0 Å². The second-order valence-corrected chi connectivity index (χ2v) is 7.47. The molecule has 0 N–H and O–H groups in total. The smallest absolute Gasteiger partial charge is 0.267 e. The summed E-state index contributed by atoms with van der Waals surface area (Å²) < 4.78 is 2.35. The molecule has 25 heavy (non-hydrogen) atoms. The number of aryl methyl sites for hydroxylation is 2. The lowest BCUT2D eigenvalue weighted by molar-refractivity contribution is 0.972. The van der Waals surface area contributed by atoms with Crippen LogP contribution in [0.5, 0.6) is 0 Å². The van der Waals surface area contributed by atoms with Crippen LogP contribution in [0.15, 0.2) is 40.5 Å². The molecule has 6 heteroatoms. The Kier molecular flexibility index (Phi) is 4.67. The zero-order valence-electron chi connectivity index (χ0n) is 13.6. The van der Waals surface area contributed by atoms with Crippen molar-refractivity contribution in [2.45, 2.75) is 13.8 Å². The molecule has 2 aromatic heterocycles. The van der Waals surface area contributed by atoms with Crippen molar-refractivity contribution in [2.24, 2.45) is 0 Å². The molecule has 0 aliphatic heterocycles. The van der Waals surface area contributed by atoms with Crippen molar-refractivity contribution < 1.29 is 0 Å². The van der Waals surface area contributed by atoms with Gasteiger partial charge in [0.1, 0.15) is 16.8 Å².